The highest BCUT2D eigenvalue weighted by Gasteiger charge is 2.23. The summed E-state index contributed by atoms with van der Waals surface area (Å²) in [6.45, 7) is 0. The van der Waals surface area contributed by atoms with Gasteiger partial charge in [-0.25, -0.2) is 29.9 Å². The number of hydrogen-bond acceptors (Lipinski definition) is 11. The van der Waals surface area contributed by atoms with E-state index in [1.54, 1.807) is 0 Å². The second-order valence-electron chi connectivity index (χ2n) is 14.7. The van der Waals surface area contributed by atoms with Gasteiger partial charge >= 0.3 is 0 Å². The molecule has 2 aromatic heterocycles. The Balaban J connectivity index is 1.03. The molecule has 0 saturated heterocycles. The van der Waals surface area contributed by atoms with Crippen LogP contribution in [-0.4, -0.2) is 35.7 Å². The van der Waals surface area contributed by atoms with Crippen molar-refractivity contribution in [2.24, 2.45) is 0 Å². The van der Waals surface area contributed by atoms with Crippen LogP contribution in [0.5, 0.6) is 46.0 Å². The number of carbonyl (C=O) groups excluding carboxylic acids is 1. The van der Waals surface area contributed by atoms with Gasteiger partial charge in [-0.2, -0.15) is 0 Å². The molecular formula is C55H36N6O5. The molecule has 0 radical (unpaired) electrons. The van der Waals surface area contributed by atoms with E-state index < -0.39 is 5.78 Å². The Morgan fingerprint density at radius 1 is 0.242 bits per heavy atom. The summed E-state index contributed by atoms with van der Waals surface area (Å²) in [6, 6.07) is 67.2. The molecule has 0 bridgehead atoms. The van der Waals surface area contributed by atoms with Crippen molar-refractivity contribution in [1.82, 2.24) is 29.9 Å². The summed E-state index contributed by atoms with van der Waals surface area (Å²) >= 11 is 0. The normalized spacial score (nSPS) is 10.8. The maximum atomic E-state index is 14.8. The third-order valence-corrected chi connectivity index (χ3v) is 10.0. The summed E-state index contributed by atoms with van der Waals surface area (Å²) in [5, 5.41) is 0. The first-order valence-electron chi connectivity index (χ1n) is 20.9. The number of rotatable bonds is 14. The molecule has 0 aliphatic carbocycles. The van der Waals surface area contributed by atoms with E-state index in [4.69, 9.17) is 48.9 Å². The number of aromatic nitrogens is 6. The second-order valence-corrected chi connectivity index (χ2v) is 14.7. The van der Waals surface area contributed by atoms with Crippen LogP contribution in [0, 0.1) is 0 Å². The predicted octanol–water partition coefficient (Wildman–Crippen LogP) is 13.1. The van der Waals surface area contributed by atoms with Gasteiger partial charge < -0.3 is 18.9 Å². The summed E-state index contributed by atoms with van der Waals surface area (Å²) in [4.78, 5) is 43.4. The fourth-order valence-corrected chi connectivity index (χ4v) is 6.76. The molecule has 10 aromatic rings. The van der Waals surface area contributed by atoms with Crippen molar-refractivity contribution in [3.63, 3.8) is 0 Å². The SMILES string of the molecule is O=C(c1nc(-c2ccc(Oc3ccccc3)cc2)nc(-c2ccc(Oc3ccccc3)cc2)n1)c1nc(-c2ccc(Oc3ccccc3)cc2)nc(-c2ccc(Oc3ccccc3)cc2)n1. The molecule has 2 heterocycles. The Morgan fingerprint density at radius 3 is 0.652 bits per heavy atom. The fourth-order valence-electron chi connectivity index (χ4n) is 6.76. The molecule has 0 N–H and O–H groups in total. The highest BCUT2D eigenvalue weighted by atomic mass is 16.5. The third kappa shape index (κ3) is 9.81. The zero-order valence-electron chi connectivity index (χ0n) is 35.0. The molecule has 0 saturated carbocycles. The minimum absolute atomic E-state index is 0.162. The molecule has 0 aliphatic heterocycles. The zero-order chi connectivity index (χ0) is 44.5. The molecule has 8 aromatic carbocycles. The molecule has 11 nitrogen and oxygen atoms in total. The van der Waals surface area contributed by atoms with Crippen molar-refractivity contribution in [1.29, 1.82) is 0 Å². The Labute approximate surface area is 379 Å². The second kappa shape index (κ2) is 19.0. The van der Waals surface area contributed by atoms with Crippen LogP contribution in [0.15, 0.2) is 218 Å². The maximum Gasteiger partial charge on any atom is 0.267 e. The van der Waals surface area contributed by atoms with Crippen LogP contribution in [0.1, 0.15) is 16.4 Å². The molecule has 0 atom stereocenters. The van der Waals surface area contributed by atoms with Crippen LogP contribution >= 0.6 is 0 Å². The van der Waals surface area contributed by atoms with Gasteiger partial charge in [0, 0.05) is 22.3 Å². The van der Waals surface area contributed by atoms with E-state index in [9.17, 15) is 4.79 Å². The Kier molecular flexibility index (Phi) is 11.7. The van der Waals surface area contributed by atoms with Gasteiger partial charge in [-0.15, -0.1) is 0 Å². The topological polar surface area (TPSA) is 131 Å². The van der Waals surface area contributed by atoms with Crippen molar-refractivity contribution < 1.29 is 23.7 Å². The molecule has 316 valence electrons. The summed E-state index contributed by atoms with van der Waals surface area (Å²) in [5.41, 5.74) is 2.52. The van der Waals surface area contributed by atoms with E-state index in [1.807, 2.05) is 218 Å². The third-order valence-electron chi connectivity index (χ3n) is 10.0. The first-order chi connectivity index (χ1) is 32.5. The minimum Gasteiger partial charge on any atom is -0.457 e. The van der Waals surface area contributed by atoms with E-state index in [-0.39, 0.29) is 34.9 Å². The molecule has 0 fully saturated rings. The van der Waals surface area contributed by atoms with E-state index in [0.29, 0.717) is 68.2 Å². The van der Waals surface area contributed by atoms with E-state index in [0.717, 1.165) is 0 Å². The number of nitrogens with zero attached hydrogens (tertiary/aromatic N) is 6. The van der Waals surface area contributed by atoms with Crippen molar-refractivity contribution in [3.8, 4) is 91.5 Å². The number of hydrogen-bond donors (Lipinski definition) is 0. The van der Waals surface area contributed by atoms with Crippen molar-refractivity contribution >= 4 is 5.78 Å². The van der Waals surface area contributed by atoms with E-state index in [1.165, 1.54) is 0 Å². The van der Waals surface area contributed by atoms with Crippen LogP contribution in [0.2, 0.25) is 0 Å². The maximum absolute atomic E-state index is 14.8. The Morgan fingerprint density at radius 2 is 0.439 bits per heavy atom. The minimum atomic E-state index is -0.633. The van der Waals surface area contributed by atoms with Crippen LogP contribution < -0.4 is 18.9 Å². The van der Waals surface area contributed by atoms with Gasteiger partial charge in [0.25, 0.3) is 5.78 Å². The highest BCUT2D eigenvalue weighted by molar-refractivity contribution is 6.04. The fraction of sp³-hybridized carbons (Fsp3) is 0. The van der Waals surface area contributed by atoms with Crippen LogP contribution in [0.4, 0.5) is 0 Å². The summed E-state index contributed by atoms with van der Waals surface area (Å²) in [5.74, 6) is 5.36. The van der Waals surface area contributed by atoms with Gasteiger partial charge in [-0.1, -0.05) is 72.8 Å². The molecule has 0 amide bonds. The molecule has 10 rings (SSSR count). The quantitative estimate of drug-likeness (QED) is 0.0968. The van der Waals surface area contributed by atoms with E-state index >= 15 is 0 Å². The highest BCUT2D eigenvalue weighted by Crippen LogP contribution is 2.31. The number of para-hydroxylation sites is 4. The lowest BCUT2D eigenvalue weighted by atomic mass is 10.1. The molecule has 0 aliphatic rings. The lowest BCUT2D eigenvalue weighted by Gasteiger charge is -2.11. The van der Waals surface area contributed by atoms with Gasteiger partial charge in [-0.05, 0) is 146 Å². The number of ketones is 1. The number of ether oxygens (including phenoxy) is 4. The Bertz CT molecular complexity index is 2790. The van der Waals surface area contributed by atoms with Crippen molar-refractivity contribution in [2.75, 3.05) is 0 Å². The molecule has 0 unspecified atom stereocenters. The van der Waals surface area contributed by atoms with Gasteiger partial charge in [-0.3, -0.25) is 4.79 Å². The summed E-state index contributed by atoms with van der Waals surface area (Å²) in [6.07, 6.45) is 0. The number of benzene rings is 8. The van der Waals surface area contributed by atoms with Gasteiger partial charge in [0.05, 0.1) is 0 Å². The first kappa shape index (κ1) is 40.7. The van der Waals surface area contributed by atoms with Crippen LogP contribution in [0.25, 0.3) is 45.6 Å². The summed E-state index contributed by atoms with van der Waals surface area (Å²) in [7, 11) is 0. The average molecular weight is 861 g/mol. The number of carbonyl (C=O) groups is 1. The molecule has 0 spiro atoms. The zero-order valence-corrected chi connectivity index (χ0v) is 35.0. The Hall–Kier alpha value is -9.35. The predicted molar refractivity (Wildman–Crippen MR) is 251 cm³/mol. The smallest absolute Gasteiger partial charge is 0.267 e. The largest absolute Gasteiger partial charge is 0.457 e. The van der Waals surface area contributed by atoms with E-state index in [2.05, 4.69) is 0 Å². The monoisotopic (exact) mass is 860 g/mol. The summed E-state index contributed by atoms with van der Waals surface area (Å²) < 4.78 is 24.2. The van der Waals surface area contributed by atoms with Crippen molar-refractivity contribution in [3.05, 3.63) is 230 Å². The van der Waals surface area contributed by atoms with Gasteiger partial charge in [0.1, 0.15) is 46.0 Å². The standard InChI is InChI=1S/C55H36N6O5/c62-49(54-58-50(37-21-29-45(30-22-37)63-41-13-5-1-6-14-41)56-51(59-54)38-23-31-46(32-24-38)64-42-15-7-2-8-16-42)55-60-52(39-25-33-47(34-26-39)65-43-17-9-3-10-18-43)57-53(61-55)40-27-35-48(36-28-40)66-44-19-11-4-12-20-44/h1-36H. The lowest BCUT2D eigenvalue weighted by molar-refractivity contribution is 0.101. The van der Waals surface area contributed by atoms with Crippen molar-refractivity contribution in [2.45, 2.75) is 0 Å². The molecular weight excluding hydrogens is 825 g/mol. The lowest BCUT2D eigenvalue weighted by Crippen LogP contribution is -2.15. The average Bonchev–Trinajstić information content (AvgIpc) is 3.38. The van der Waals surface area contributed by atoms with Crippen LogP contribution in [-0.2, 0) is 0 Å². The first-order valence-corrected chi connectivity index (χ1v) is 20.9. The van der Waals surface area contributed by atoms with Gasteiger partial charge in [0.15, 0.2) is 23.3 Å². The molecule has 11 heteroatoms. The van der Waals surface area contributed by atoms with Crippen LogP contribution in [0.3, 0.4) is 0 Å². The van der Waals surface area contributed by atoms with Gasteiger partial charge in [0.2, 0.25) is 11.6 Å². The molecule has 66 heavy (non-hydrogen) atoms.